The van der Waals surface area contributed by atoms with Gasteiger partial charge in [0.2, 0.25) is 5.91 Å². The molecule has 1 aliphatic carbocycles. The normalized spacial score (nSPS) is 18.0. The molecular formula is C30H32F3NO2. The van der Waals surface area contributed by atoms with Gasteiger partial charge in [0.15, 0.2) is 0 Å². The molecular weight excluding hydrogens is 463 g/mol. The Morgan fingerprint density at radius 1 is 0.972 bits per heavy atom. The molecule has 1 aliphatic rings. The molecule has 3 aromatic rings. The Bertz CT molecular complexity index is 1160. The van der Waals surface area contributed by atoms with E-state index in [0.29, 0.717) is 50.0 Å². The molecule has 1 amide bonds. The van der Waals surface area contributed by atoms with Crippen molar-refractivity contribution in [1.29, 1.82) is 0 Å². The van der Waals surface area contributed by atoms with Crippen molar-refractivity contribution < 1.29 is 22.7 Å². The summed E-state index contributed by atoms with van der Waals surface area (Å²) in [6, 6.07) is 21.0. The molecule has 1 fully saturated rings. The van der Waals surface area contributed by atoms with E-state index < -0.39 is 11.8 Å². The topological polar surface area (TPSA) is 38.3 Å². The first-order valence-corrected chi connectivity index (χ1v) is 12.5. The van der Waals surface area contributed by atoms with Crippen molar-refractivity contribution >= 4 is 5.91 Å². The molecule has 1 N–H and O–H groups in total. The van der Waals surface area contributed by atoms with Gasteiger partial charge in [0.1, 0.15) is 11.6 Å². The van der Waals surface area contributed by atoms with Gasteiger partial charge in [0.05, 0.1) is 6.10 Å². The van der Waals surface area contributed by atoms with Crippen LogP contribution in [0.5, 0.6) is 5.75 Å². The highest BCUT2D eigenvalue weighted by Crippen LogP contribution is 2.40. The molecule has 0 saturated heterocycles. The molecule has 6 heteroatoms. The van der Waals surface area contributed by atoms with Gasteiger partial charge in [-0.1, -0.05) is 48.5 Å². The number of rotatable bonds is 9. The lowest BCUT2D eigenvalue weighted by Gasteiger charge is -2.34. The highest BCUT2D eigenvalue weighted by atomic mass is 19.3. The van der Waals surface area contributed by atoms with E-state index in [0.717, 1.165) is 16.7 Å². The molecule has 0 bridgehead atoms. The number of halogens is 3. The van der Waals surface area contributed by atoms with Crippen molar-refractivity contribution in [1.82, 2.24) is 5.32 Å². The van der Waals surface area contributed by atoms with Crippen LogP contribution in [0, 0.1) is 11.7 Å². The van der Waals surface area contributed by atoms with Crippen molar-refractivity contribution in [3.63, 3.8) is 0 Å². The van der Waals surface area contributed by atoms with Gasteiger partial charge in [0, 0.05) is 25.8 Å². The minimum Gasteiger partial charge on any atom is -0.490 e. The number of nitrogens with one attached hydrogen (secondary N) is 1. The molecule has 4 rings (SSSR count). The van der Waals surface area contributed by atoms with E-state index in [1.54, 1.807) is 30.3 Å². The van der Waals surface area contributed by atoms with E-state index in [-0.39, 0.29) is 24.2 Å². The highest BCUT2D eigenvalue weighted by molar-refractivity contribution is 5.73. The summed E-state index contributed by atoms with van der Waals surface area (Å²) in [4.78, 5) is 11.3. The zero-order valence-corrected chi connectivity index (χ0v) is 20.5. The Morgan fingerprint density at radius 2 is 1.72 bits per heavy atom. The maximum absolute atomic E-state index is 14.9. The van der Waals surface area contributed by atoms with Crippen LogP contribution in [-0.4, -0.2) is 24.5 Å². The summed E-state index contributed by atoms with van der Waals surface area (Å²) in [5.41, 5.74) is 3.18. The lowest BCUT2D eigenvalue weighted by Crippen LogP contribution is -2.36. The zero-order valence-electron chi connectivity index (χ0n) is 20.5. The molecule has 0 aromatic heterocycles. The Balaban J connectivity index is 1.42. The van der Waals surface area contributed by atoms with Gasteiger partial charge in [-0.05, 0) is 78.6 Å². The van der Waals surface area contributed by atoms with E-state index in [9.17, 15) is 18.0 Å². The third-order valence-electron chi connectivity index (χ3n) is 6.84. The molecule has 3 aromatic carbocycles. The molecule has 1 saturated carbocycles. The Hall–Kier alpha value is -3.28. The number of carbonyl (C=O) groups is 1. The second-order valence-electron chi connectivity index (χ2n) is 9.58. The van der Waals surface area contributed by atoms with E-state index in [2.05, 4.69) is 5.32 Å². The Labute approximate surface area is 210 Å². The third kappa shape index (κ3) is 6.90. The van der Waals surface area contributed by atoms with Gasteiger partial charge >= 0.3 is 0 Å². The van der Waals surface area contributed by atoms with Crippen molar-refractivity contribution in [3.05, 3.63) is 89.7 Å². The van der Waals surface area contributed by atoms with Crippen LogP contribution in [0.3, 0.4) is 0 Å². The molecule has 0 unspecified atom stereocenters. The standard InChI is InChI=1S/C30H32F3NO2/c1-21(35)34-17-16-23-10-13-28(19-29(23)24-8-5-9-26(31)18-24)36-27-14-11-25(12-15-27)30(32,33)20-22-6-3-2-4-7-22/h2-10,13,18-19,25,27H,11-12,14-17,20H2,1H3,(H,34,35). The number of hydrogen-bond donors (Lipinski definition) is 1. The van der Waals surface area contributed by atoms with Gasteiger partial charge < -0.3 is 10.1 Å². The van der Waals surface area contributed by atoms with Crippen LogP contribution in [0.25, 0.3) is 11.1 Å². The first-order valence-electron chi connectivity index (χ1n) is 12.5. The Kier molecular flexibility index (Phi) is 8.34. The van der Waals surface area contributed by atoms with Crippen LogP contribution in [0.2, 0.25) is 0 Å². The van der Waals surface area contributed by atoms with Gasteiger partial charge in [-0.25, -0.2) is 13.2 Å². The van der Waals surface area contributed by atoms with Gasteiger partial charge in [-0.3, -0.25) is 4.79 Å². The quantitative estimate of drug-likeness (QED) is 0.348. The average Bonchev–Trinajstić information content (AvgIpc) is 2.85. The fourth-order valence-corrected chi connectivity index (χ4v) is 4.95. The molecule has 0 radical (unpaired) electrons. The first kappa shape index (κ1) is 25.8. The SMILES string of the molecule is CC(=O)NCCc1ccc(OC2CCC(C(F)(F)Cc3ccccc3)CC2)cc1-c1cccc(F)c1. The van der Waals surface area contributed by atoms with Crippen LogP contribution in [-0.2, 0) is 17.6 Å². The third-order valence-corrected chi connectivity index (χ3v) is 6.84. The summed E-state index contributed by atoms with van der Waals surface area (Å²) < 4.78 is 50.0. The summed E-state index contributed by atoms with van der Waals surface area (Å²) in [6.07, 6.45) is 2.17. The number of benzene rings is 3. The molecule has 190 valence electrons. The second-order valence-corrected chi connectivity index (χ2v) is 9.58. The van der Waals surface area contributed by atoms with Crippen LogP contribution < -0.4 is 10.1 Å². The minimum atomic E-state index is -2.74. The lowest BCUT2D eigenvalue weighted by molar-refractivity contribution is -0.118. The van der Waals surface area contributed by atoms with E-state index in [1.165, 1.54) is 19.1 Å². The predicted octanol–water partition coefficient (Wildman–Crippen LogP) is 6.99. The van der Waals surface area contributed by atoms with Crippen molar-refractivity contribution in [2.24, 2.45) is 5.92 Å². The van der Waals surface area contributed by atoms with Gasteiger partial charge in [-0.15, -0.1) is 0 Å². The number of carbonyl (C=O) groups excluding carboxylic acids is 1. The number of alkyl halides is 2. The summed E-state index contributed by atoms with van der Waals surface area (Å²) >= 11 is 0. The molecule has 0 spiro atoms. The molecule has 0 aliphatic heterocycles. The fraction of sp³-hybridized carbons (Fsp3) is 0.367. The smallest absolute Gasteiger partial charge is 0.254 e. The highest BCUT2D eigenvalue weighted by Gasteiger charge is 2.41. The van der Waals surface area contributed by atoms with Crippen LogP contribution in [0.1, 0.15) is 43.7 Å². The number of amides is 1. The van der Waals surface area contributed by atoms with E-state index in [1.807, 2.05) is 30.3 Å². The molecule has 3 nitrogen and oxygen atoms in total. The summed E-state index contributed by atoms with van der Waals surface area (Å²) in [6.45, 7) is 1.94. The zero-order chi connectivity index (χ0) is 25.5. The molecule has 0 atom stereocenters. The minimum absolute atomic E-state index is 0.104. The summed E-state index contributed by atoms with van der Waals surface area (Å²) in [7, 11) is 0. The largest absolute Gasteiger partial charge is 0.490 e. The summed E-state index contributed by atoms with van der Waals surface area (Å²) in [5, 5.41) is 2.79. The monoisotopic (exact) mass is 495 g/mol. The van der Waals surface area contributed by atoms with E-state index >= 15 is 0 Å². The maximum Gasteiger partial charge on any atom is 0.254 e. The van der Waals surface area contributed by atoms with Crippen molar-refractivity contribution in [2.45, 2.75) is 57.5 Å². The van der Waals surface area contributed by atoms with Gasteiger partial charge in [-0.2, -0.15) is 0 Å². The maximum atomic E-state index is 14.9. The fourth-order valence-electron chi connectivity index (χ4n) is 4.95. The van der Waals surface area contributed by atoms with E-state index in [4.69, 9.17) is 4.74 Å². The van der Waals surface area contributed by atoms with Crippen LogP contribution in [0.15, 0.2) is 72.8 Å². The number of ether oxygens (including phenoxy) is 1. The van der Waals surface area contributed by atoms with Crippen molar-refractivity contribution in [3.8, 4) is 16.9 Å². The molecule has 0 heterocycles. The Morgan fingerprint density at radius 3 is 2.42 bits per heavy atom. The van der Waals surface area contributed by atoms with Crippen LogP contribution in [0.4, 0.5) is 13.2 Å². The van der Waals surface area contributed by atoms with Crippen LogP contribution >= 0.6 is 0 Å². The second kappa shape index (κ2) is 11.6. The predicted molar refractivity (Wildman–Crippen MR) is 136 cm³/mol. The molecule has 36 heavy (non-hydrogen) atoms. The number of hydrogen-bond acceptors (Lipinski definition) is 2. The first-order chi connectivity index (χ1) is 17.3. The lowest BCUT2D eigenvalue weighted by atomic mass is 9.81. The average molecular weight is 496 g/mol. The van der Waals surface area contributed by atoms with Crippen molar-refractivity contribution in [2.75, 3.05) is 6.54 Å². The summed E-state index contributed by atoms with van der Waals surface area (Å²) in [5.74, 6) is -3.20. The van der Waals surface area contributed by atoms with Gasteiger partial charge in [0.25, 0.3) is 5.92 Å².